The number of carbonyl (C=O) groups excluding carboxylic acids is 2. The standard InChI is InChI=1S/C28H40N2O6/c1-7-21(27(31)33-9-3)29-23-13-11-19(5)17-25(23)35-15-16-36-26-18-20(6)12-14-24(26)30-22(8-2)28(32)34-10-4/h11-14,17-18,21-22,29-30H,7-10,15-16H2,1-6H3. The lowest BCUT2D eigenvalue weighted by atomic mass is 10.1. The average Bonchev–Trinajstić information content (AvgIpc) is 2.85. The second-order valence-corrected chi connectivity index (χ2v) is 8.41. The molecule has 0 bridgehead atoms. The van der Waals surface area contributed by atoms with E-state index in [4.69, 9.17) is 18.9 Å². The predicted molar refractivity (Wildman–Crippen MR) is 142 cm³/mol. The normalized spacial score (nSPS) is 12.3. The van der Waals surface area contributed by atoms with Gasteiger partial charge in [0.05, 0.1) is 24.6 Å². The first-order valence-electron chi connectivity index (χ1n) is 12.7. The Bertz CT molecular complexity index is 915. The van der Waals surface area contributed by atoms with Gasteiger partial charge in [-0.15, -0.1) is 0 Å². The smallest absolute Gasteiger partial charge is 0.328 e. The molecule has 198 valence electrons. The van der Waals surface area contributed by atoms with Crippen molar-refractivity contribution in [3.8, 4) is 11.5 Å². The summed E-state index contributed by atoms with van der Waals surface area (Å²) in [6.45, 7) is 12.6. The zero-order chi connectivity index (χ0) is 26.5. The van der Waals surface area contributed by atoms with E-state index < -0.39 is 12.1 Å². The molecule has 8 nitrogen and oxygen atoms in total. The highest BCUT2D eigenvalue weighted by Gasteiger charge is 2.20. The van der Waals surface area contributed by atoms with Crippen LogP contribution in [0.4, 0.5) is 11.4 Å². The van der Waals surface area contributed by atoms with Gasteiger partial charge in [-0.05, 0) is 75.9 Å². The van der Waals surface area contributed by atoms with E-state index in [2.05, 4.69) is 10.6 Å². The number of ether oxygens (including phenoxy) is 4. The maximum atomic E-state index is 12.2. The van der Waals surface area contributed by atoms with Gasteiger partial charge in [0.2, 0.25) is 0 Å². The zero-order valence-electron chi connectivity index (χ0n) is 22.3. The fourth-order valence-corrected chi connectivity index (χ4v) is 3.56. The van der Waals surface area contributed by atoms with Gasteiger partial charge < -0.3 is 29.6 Å². The molecule has 2 N–H and O–H groups in total. The summed E-state index contributed by atoms with van der Waals surface area (Å²) in [7, 11) is 0. The first-order chi connectivity index (χ1) is 17.3. The van der Waals surface area contributed by atoms with Gasteiger partial charge in [-0.1, -0.05) is 26.0 Å². The molecular weight excluding hydrogens is 460 g/mol. The summed E-state index contributed by atoms with van der Waals surface area (Å²) < 4.78 is 22.4. The summed E-state index contributed by atoms with van der Waals surface area (Å²) in [5, 5.41) is 6.48. The van der Waals surface area contributed by atoms with Gasteiger partial charge >= 0.3 is 11.9 Å². The van der Waals surface area contributed by atoms with E-state index in [9.17, 15) is 9.59 Å². The molecule has 36 heavy (non-hydrogen) atoms. The number of aryl methyl sites for hydroxylation is 2. The van der Waals surface area contributed by atoms with E-state index in [-0.39, 0.29) is 25.2 Å². The van der Waals surface area contributed by atoms with Crippen LogP contribution in [0, 0.1) is 13.8 Å². The first kappa shape index (κ1) is 28.8. The third-order valence-corrected chi connectivity index (χ3v) is 5.49. The Hall–Kier alpha value is -3.42. The van der Waals surface area contributed by atoms with E-state index in [1.165, 1.54) is 0 Å². The van der Waals surface area contributed by atoms with Crippen molar-refractivity contribution < 1.29 is 28.5 Å². The Morgan fingerprint density at radius 3 is 1.42 bits per heavy atom. The molecule has 0 aliphatic heterocycles. The summed E-state index contributed by atoms with van der Waals surface area (Å²) >= 11 is 0. The Kier molecular flexibility index (Phi) is 11.9. The van der Waals surface area contributed by atoms with E-state index in [0.29, 0.717) is 37.6 Å². The fraction of sp³-hybridized carbons (Fsp3) is 0.500. The van der Waals surface area contributed by atoms with Gasteiger partial charge in [0.25, 0.3) is 0 Å². The Morgan fingerprint density at radius 2 is 1.08 bits per heavy atom. The lowest BCUT2D eigenvalue weighted by molar-refractivity contribution is -0.145. The summed E-state index contributed by atoms with van der Waals surface area (Å²) in [4.78, 5) is 24.5. The lowest BCUT2D eigenvalue weighted by Crippen LogP contribution is -2.31. The van der Waals surface area contributed by atoms with Crippen molar-refractivity contribution in [3.63, 3.8) is 0 Å². The summed E-state index contributed by atoms with van der Waals surface area (Å²) in [5.41, 5.74) is 3.52. The van der Waals surface area contributed by atoms with Crippen molar-refractivity contribution in [1.82, 2.24) is 0 Å². The van der Waals surface area contributed by atoms with Crippen LogP contribution in [0.5, 0.6) is 11.5 Å². The molecule has 0 heterocycles. The highest BCUT2D eigenvalue weighted by molar-refractivity contribution is 5.80. The first-order valence-corrected chi connectivity index (χ1v) is 12.7. The fourth-order valence-electron chi connectivity index (χ4n) is 3.56. The highest BCUT2D eigenvalue weighted by atomic mass is 16.5. The largest absolute Gasteiger partial charge is 0.488 e. The number of nitrogens with one attached hydrogen (secondary N) is 2. The van der Waals surface area contributed by atoms with E-state index in [1.54, 1.807) is 13.8 Å². The van der Waals surface area contributed by atoms with Gasteiger partial charge in [0.1, 0.15) is 36.8 Å². The number of hydrogen-bond acceptors (Lipinski definition) is 8. The van der Waals surface area contributed by atoms with Gasteiger partial charge in [-0.3, -0.25) is 0 Å². The quantitative estimate of drug-likeness (QED) is 0.252. The molecule has 2 aromatic rings. The van der Waals surface area contributed by atoms with Crippen molar-refractivity contribution in [1.29, 1.82) is 0 Å². The molecule has 2 atom stereocenters. The van der Waals surface area contributed by atoms with Crippen LogP contribution in [-0.2, 0) is 19.1 Å². The number of rotatable bonds is 15. The Labute approximate surface area is 214 Å². The molecule has 0 fully saturated rings. The molecule has 0 radical (unpaired) electrons. The summed E-state index contributed by atoms with van der Waals surface area (Å²) in [6, 6.07) is 10.6. The minimum Gasteiger partial charge on any atom is -0.488 e. The van der Waals surface area contributed by atoms with Crippen LogP contribution < -0.4 is 20.1 Å². The number of anilines is 2. The number of carbonyl (C=O) groups is 2. The lowest BCUT2D eigenvalue weighted by Gasteiger charge is -2.21. The van der Waals surface area contributed by atoms with Crippen molar-refractivity contribution in [2.45, 2.75) is 66.5 Å². The maximum absolute atomic E-state index is 12.2. The molecule has 2 unspecified atom stereocenters. The summed E-state index contributed by atoms with van der Waals surface area (Å²) in [5.74, 6) is 0.694. The molecule has 8 heteroatoms. The van der Waals surface area contributed by atoms with E-state index in [1.807, 2.05) is 64.1 Å². The van der Waals surface area contributed by atoms with Crippen LogP contribution in [0.1, 0.15) is 51.7 Å². The zero-order valence-corrected chi connectivity index (χ0v) is 22.3. The van der Waals surface area contributed by atoms with Gasteiger partial charge in [0, 0.05) is 0 Å². The molecular formula is C28H40N2O6. The molecule has 0 saturated heterocycles. The maximum Gasteiger partial charge on any atom is 0.328 e. The van der Waals surface area contributed by atoms with E-state index in [0.717, 1.165) is 22.5 Å². The molecule has 0 aliphatic rings. The molecule has 0 saturated carbocycles. The third-order valence-electron chi connectivity index (χ3n) is 5.49. The van der Waals surface area contributed by atoms with Crippen molar-refractivity contribution in [3.05, 3.63) is 47.5 Å². The minimum atomic E-state index is -0.460. The van der Waals surface area contributed by atoms with Crippen LogP contribution in [0.2, 0.25) is 0 Å². The Balaban J connectivity index is 2.05. The second kappa shape index (κ2) is 14.9. The second-order valence-electron chi connectivity index (χ2n) is 8.41. The highest BCUT2D eigenvalue weighted by Crippen LogP contribution is 2.29. The Morgan fingerprint density at radius 1 is 0.694 bits per heavy atom. The van der Waals surface area contributed by atoms with Crippen molar-refractivity contribution >= 4 is 23.3 Å². The van der Waals surface area contributed by atoms with Crippen molar-refractivity contribution in [2.75, 3.05) is 37.1 Å². The van der Waals surface area contributed by atoms with Crippen LogP contribution in [0.3, 0.4) is 0 Å². The molecule has 0 spiro atoms. The minimum absolute atomic E-state index is 0.288. The number of hydrogen-bond donors (Lipinski definition) is 2. The molecule has 0 aromatic heterocycles. The molecule has 0 amide bonds. The molecule has 2 aromatic carbocycles. The third kappa shape index (κ3) is 8.66. The van der Waals surface area contributed by atoms with Crippen LogP contribution in [0.25, 0.3) is 0 Å². The molecule has 2 rings (SSSR count). The number of esters is 2. The van der Waals surface area contributed by atoms with Gasteiger partial charge in [-0.25, -0.2) is 9.59 Å². The van der Waals surface area contributed by atoms with E-state index >= 15 is 0 Å². The number of benzene rings is 2. The topological polar surface area (TPSA) is 95.1 Å². The average molecular weight is 501 g/mol. The van der Waals surface area contributed by atoms with Crippen LogP contribution in [0.15, 0.2) is 36.4 Å². The predicted octanol–water partition coefficient (Wildman–Crippen LogP) is 5.27. The van der Waals surface area contributed by atoms with Gasteiger partial charge in [0.15, 0.2) is 0 Å². The van der Waals surface area contributed by atoms with Crippen LogP contribution >= 0.6 is 0 Å². The monoisotopic (exact) mass is 500 g/mol. The summed E-state index contributed by atoms with van der Waals surface area (Å²) in [6.07, 6.45) is 1.17. The van der Waals surface area contributed by atoms with Crippen LogP contribution in [-0.4, -0.2) is 50.4 Å². The van der Waals surface area contributed by atoms with Crippen molar-refractivity contribution in [2.24, 2.45) is 0 Å². The SMILES string of the molecule is CCOC(=O)C(CC)Nc1ccc(C)cc1OCCOc1cc(C)ccc1NC(CC)C(=O)OCC. The van der Waals surface area contributed by atoms with Gasteiger partial charge in [-0.2, -0.15) is 0 Å². The molecule has 0 aliphatic carbocycles.